The van der Waals surface area contributed by atoms with Crippen LogP contribution in [-0.2, 0) is 31.6 Å². The first-order valence-electron chi connectivity index (χ1n) is 10.3. The fraction of sp³-hybridized carbons (Fsp3) is 0.435. The topological polar surface area (TPSA) is 84.9 Å². The molecule has 0 aromatic heterocycles. The highest BCUT2D eigenvalue weighted by Gasteiger charge is 2.38. The van der Waals surface area contributed by atoms with E-state index in [1.54, 1.807) is 0 Å². The van der Waals surface area contributed by atoms with Crippen LogP contribution in [0.5, 0.6) is 0 Å². The van der Waals surface area contributed by atoms with Crippen molar-refractivity contribution < 1.29 is 23.5 Å². The average Bonchev–Trinajstić information content (AvgIpc) is 2.75. The number of benzene rings is 2. The van der Waals surface area contributed by atoms with Gasteiger partial charge in [-0.25, -0.2) is 0 Å². The molecule has 0 amide bonds. The number of hydrogen-bond acceptors (Lipinski definition) is 5. The maximum absolute atomic E-state index is 13.8. The summed E-state index contributed by atoms with van der Waals surface area (Å²) in [5.74, 6) is -1.53. The van der Waals surface area contributed by atoms with E-state index < -0.39 is 25.4 Å². The standard InChI is InChI=1S/C23H32NO5P/c1-4-22(24-21(23(25)26)15-18(2)3)30(27,28-16-19-11-7-5-8-12-19)29-17-20-13-9-6-10-14-20/h5-14,18,21-22,24H,4,15-17H2,1-3H3,(H,25,26)/t21?,22-/m1/s1. The van der Waals surface area contributed by atoms with Crippen molar-refractivity contribution in [2.75, 3.05) is 0 Å². The molecule has 0 saturated heterocycles. The SMILES string of the molecule is CC[C@H](NC(CC(C)C)C(=O)O)P(=O)(OCc1ccccc1)OCc1ccccc1. The molecule has 0 radical (unpaired) electrons. The first kappa shape index (κ1) is 24.3. The molecule has 6 nitrogen and oxygen atoms in total. The Morgan fingerprint density at radius 1 is 0.967 bits per heavy atom. The summed E-state index contributed by atoms with van der Waals surface area (Å²) in [7, 11) is -3.67. The summed E-state index contributed by atoms with van der Waals surface area (Å²) in [4.78, 5) is 11.7. The fourth-order valence-electron chi connectivity index (χ4n) is 3.07. The molecule has 2 aromatic rings. The molecular formula is C23H32NO5P. The smallest absolute Gasteiger partial charge is 0.348 e. The monoisotopic (exact) mass is 433 g/mol. The summed E-state index contributed by atoms with van der Waals surface area (Å²) in [6.45, 7) is 5.99. The van der Waals surface area contributed by atoms with Crippen molar-refractivity contribution in [3.63, 3.8) is 0 Å². The molecule has 0 aliphatic heterocycles. The number of aliphatic carboxylic acids is 1. The van der Waals surface area contributed by atoms with Gasteiger partial charge in [0.1, 0.15) is 11.8 Å². The van der Waals surface area contributed by atoms with Gasteiger partial charge in [-0.05, 0) is 29.9 Å². The lowest BCUT2D eigenvalue weighted by atomic mass is 10.0. The summed E-state index contributed by atoms with van der Waals surface area (Å²) in [6, 6.07) is 18.0. The van der Waals surface area contributed by atoms with E-state index in [2.05, 4.69) is 5.32 Å². The maximum Gasteiger partial charge on any atom is 0.348 e. The van der Waals surface area contributed by atoms with Crippen LogP contribution < -0.4 is 5.32 Å². The molecule has 0 aliphatic rings. The Labute approximate surface area is 179 Å². The zero-order chi connectivity index (χ0) is 22.0. The summed E-state index contributed by atoms with van der Waals surface area (Å²) in [6.07, 6.45) is 0.825. The van der Waals surface area contributed by atoms with Gasteiger partial charge in [-0.3, -0.25) is 14.7 Å². The van der Waals surface area contributed by atoms with Crippen molar-refractivity contribution in [3.8, 4) is 0 Å². The molecule has 0 aliphatic carbocycles. The first-order valence-corrected chi connectivity index (χ1v) is 11.9. The lowest BCUT2D eigenvalue weighted by molar-refractivity contribution is -0.140. The summed E-state index contributed by atoms with van der Waals surface area (Å²) >= 11 is 0. The van der Waals surface area contributed by atoms with Gasteiger partial charge >= 0.3 is 13.6 Å². The Balaban J connectivity index is 2.21. The van der Waals surface area contributed by atoms with Crippen molar-refractivity contribution in [1.29, 1.82) is 0 Å². The second-order valence-corrected chi connectivity index (χ2v) is 9.89. The molecule has 2 N–H and O–H groups in total. The van der Waals surface area contributed by atoms with E-state index in [4.69, 9.17) is 9.05 Å². The Bertz CT molecular complexity index is 765. The first-order chi connectivity index (χ1) is 14.3. The highest BCUT2D eigenvalue weighted by atomic mass is 31.2. The Hall–Kier alpha value is -1.98. The van der Waals surface area contributed by atoms with Crippen LogP contribution in [0.25, 0.3) is 0 Å². The maximum atomic E-state index is 13.8. The highest BCUT2D eigenvalue weighted by Crippen LogP contribution is 2.54. The van der Waals surface area contributed by atoms with Crippen LogP contribution in [-0.4, -0.2) is 22.9 Å². The third-order valence-electron chi connectivity index (χ3n) is 4.68. The van der Waals surface area contributed by atoms with E-state index in [1.165, 1.54) is 0 Å². The number of carbonyl (C=O) groups is 1. The third-order valence-corrected chi connectivity index (χ3v) is 6.93. The van der Waals surface area contributed by atoms with Crippen molar-refractivity contribution in [2.24, 2.45) is 5.92 Å². The Kier molecular flexibility index (Phi) is 9.73. The molecule has 1 unspecified atom stereocenters. The van der Waals surface area contributed by atoms with Crippen LogP contribution in [0, 0.1) is 5.92 Å². The van der Waals surface area contributed by atoms with Gasteiger partial charge < -0.3 is 14.2 Å². The number of hydrogen-bond donors (Lipinski definition) is 2. The Morgan fingerprint density at radius 3 is 1.80 bits per heavy atom. The van der Waals surface area contributed by atoms with Gasteiger partial charge in [-0.2, -0.15) is 0 Å². The van der Waals surface area contributed by atoms with Gasteiger partial charge in [0, 0.05) is 0 Å². The predicted molar refractivity (Wildman–Crippen MR) is 118 cm³/mol. The van der Waals surface area contributed by atoms with Gasteiger partial charge in [-0.1, -0.05) is 81.4 Å². The van der Waals surface area contributed by atoms with Gasteiger partial charge in [0.15, 0.2) is 0 Å². The quantitative estimate of drug-likeness (QED) is 0.409. The zero-order valence-electron chi connectivity index (χ0n) is 17.9. The molecule has 2 atom stereocenters. The number of rotatable bonds is 13. The number of carboxylic acid groups (broad SMARTS) is 1. The van der Waals surface area contributed by atoms with E-state index in [0.717, 1.165) is 11.1 Å². The van der Waals surface area contributed by atoms with Crippen molar-refractivity contribution >= 4 is 13.6 Å². The summed E-state index contributed by atoms with van der Waals surface area (Å²) in [5.41, 5.74) is 1.74. The molecule has 30 heavy (non-hydrogen) atoms. The third kappa shape index (κ3) is 7.69. The van der Waals surface area contributed by atoms with E-state index in [-0.39, 0.29) is 19.1 Å². The largest absolute Gasteiger partial charge is 0.480 e. The normalized spacial score (nSPS) is 13.9. The van der Waals surface area contributed by atoms with Crippen LogP contribution >= 0.6 is 7.60 Å². The summed E-state index contributed by atoms with van der Waals surface area (Å²) < 4.78 is 25.5. The van der Waals surface area contributed by atoms with Gasteiger partial charge in [0.05, 0.1) is 13.2 Å². The molecule has 0 spiro atoms. The molecule has 0 bridgehead atoms. The molecule has 2 aromatic carbocycles. The van der Waals surface area contributed by atoms with Crippen molar-refractivity contribution in [1.82, 2.24) is 5.32 Å². The molecule has 0 saturated carbocycles. The van der Waals surface area contributed by atoms with Crippen molar-refractivity contribution in [2.45, 2.75) is 58.7 Å². The molecule has 7 heteroatoms. The molecule has 164 valence electrons. The lowest BCUT2D eigenvalue weighted by Crippen LogP contribution is -2.44. The minimum absolute atomic E-state index is 0.118. The Morgan fingerprint density at radius 2 is 1.43 bits per heavy atom. The van der Waals surface area contributed by atoms with Crippen molar-refractivity contribution in [3.05, 3.63) is 71.8 Å². The number of carboxylic acids is 1. The predicted octanol–water partition coefficient (Wildman–Crippen LogP) is 5.44. The van der Waals surface area contributed by atoms with Crippen LogP contribution in [0.4, 0.5) is 0 Å². The van der Waals surface area contributed by atoms with E-state index >= 15 is 0 Å². The summed E-state index contributed by atoms with van der Waals surface area (Å²) in [5, 5.41) is 12.6. The number of nitrogens with one attached hydrogen (secondary N) is 1. The highest BCUT2D eigenvalue weighted by molar-refractivity contribution is 7.54. The van der Waals surface area contributed by atoms with Crippen LogP contribution in [0.15, 0.2) is 60.7 Å². The van der Waals surface area contributed by atoms with Gasteiger partial charge in [0.25, 0.3) is 0 Å². The second kappa shape index (κ2) is 12.0. The minimum Gasteiger partial charge on any atom is -0.480 e. The fourth-order valence-corrected chi connectivity index (χ4v) is 4.97. The molecule has 0 heterocycles. The minimum atomic E-state index is -3.67. The second-order valence-electron chi connectivity index (χ2n) is 7.67. The van der Waals surface area contributed by atoms with Gasteiger partial charge in [-0.15, -0.1) is 0 Å². The van der Waals surface area contributed by atoms with Crippen LogP contribution in [0.2, 0.25) is 0 Å². The van der Waals surface area contributed by atoms with Crippen LogP contribution in [0.3, 0.4) is 0 Å². The average molecular weight is 433 g/mol. The molecular weight excluding hydrogens is 401 g/mol. The van der Waals surface area contributed by atoms with Gasteiger partial charge in [0.2, 0.25) is 0 Å². The zero-order valence-corrected chi connectivity index (χ0v) is 18.8. The van der Waals surface area contributed by atoms with Crippen LogP contribution in [0.1, 0.15) is 44.7 Å². The molecule has 2 rings (SSSR count). The van der Waals surface area contributed by atoms with E-state index in [9.17, 15) is 14.5 Å². The lowest BCUT2D eigenvalue weighted by Gasteiger charge is -2.30. The van der Waals surface area contributed by atoms with E-state index in [1.807, 2.05) is 81.4 Å². The molecule has 0 fully saturated rings. The van der Waals surface area contributed by atoms with E-state index in [0.29, 0.717) is 12.8 Å².